The van der Waals surface area contributed by atoms with E-state index in [4.69, 9.17) is 4.74 Å². The van der Waals surface area contributed by atoms with Crippen LogP contribution in [0.4, 0.5) is 5.69 Å². The summed E-state index contributed by atoms with van der Waals surface area (Å²) < 4.78 is 33.5. The van der Waals surface area contributed by atoms with Crippen LogP contribution in [-0.2, 0) is 14.8 Å². The van der Waals surface area contributed by atoms with Gasteiger partial charge in [-0.05, 0) is 49.6 Å². The average Bonchev–Trinajstić information content (AvgIpc) is 2.66. The molecule has 2 aromatic carbocycles. The summed E-state index contributed by atoms with van der Waals surface area (Å²) >= 11 is 0. The van der Waals surface area contributed by atoms with Crippen molar-refractivity contribution in [3.05, 3.63) is 53.6 Å². The lowest BCUT2D eigenvalue weighted by Gasteiger charge is -2.24. The Bertz CT molecular complexity index is 924. The first-order valence-electron chi connectivity index (χ1n) is 9.22. The summed E-state index contributed by atoms with van der Waals surface area (Å²) in [5.74, 6) is -0.104. The predicted octanol–water partition coefficient (Wildman–Crippen LogP) is 3.64. The van der Waals surface area contributed by atoms with E-state index in [9.17, 15) is 13.2 Å². The van der Waals surface area contributed by atoms with Gasteiger partial charge < -0.3 is 10.1 Å². The maximum absolute atomic E-state index is 13.0. The number of amides is 1. The van der Waals surface area contributed by atoms with E-state index in [-0.39, 0.29) is 10.8 Å². The number of benzene rings is 2. The van der Waals surface area contributed by atoms with Crippen molar-refractivity contribution < 1.29 is 17.9 Å². The molecule has 0 radical (unpaired) electrons. The number of anilines is 1. The lowest BCUT2D eigenvalue weighted by atomic mass is 9.99. The van der Waals surface area contributed by atoms with Crippen molar-refractivity contribution in [3.63, 3.8) is 0 Å². The second kappa shape index (κ2) is 9.21. The zero-order valence-corrected chi connectivity index (χ0v) is 17.8. The maximum Gasteiger partial charge on any atom is 0.242 e. The Kier molecular flexibility index (Phi) is 7.21. The normalized spacial score (nSPS) is 13.6. The number of hydrogen-bond acceptors (Lipinski definition) is 4. The number of sulfonamides is 1. The van der Waals surface area contributed by atoms with Gasteiger partial charge >= 0.3 is 0 Å². The highest BCUT2D eigenvalue weighted by atomic mass is 32.2. The Hall–Kier alpha value is -2.38. The molecule has 28 heavy (non-hydrogen) atoms. The summed E-state index contributed by atoms with van der Waals surface area (Å²) in [7, 11) is -2.31. The fourth-order valence-electron chi connectivity index (χ4n) is 2.75. The minimum Gasteiger partial charge on any atom is -0.495 e. The second-order valence-electron chi connectivity index (χ2n) is 6.99. The van der Waals surface area contributed by atoms with Crippen molar-refractivity contribution in [2.24, 2.45) is 5.92 Å². The third-order valence-electron chi connectivity index (χ3n) is 4.72. The quantitative estimate of drug-likeness (QED) is 0.703. The van der Waals surface area contributed by atoms with Crippen molar-refractivity contribution in [3.8, 4) is 5.75 Å². The van der Waals surface area contributed by atoms with E-state index in [0.29, 0.717) is 17.9 Å². The first-order chi connectivity index (χ1) is 13.2. The fourth-order valence-corrected chi connectivity index (χ4v) is 4.05. The zero-order chi connectivity index (χ0) is 20.9. The van der Waals surface area contributed by atoms with E-state index in [1.807, 2.05) is 33.8 Å². The molecule has 0 aromatic heterocycles. The number of rotatable bonds is 8. The topological polar surface area (TPSA) is 84.5 Å². The number of nitrogens with one attached hydrogen (secondary N) is 2. The Balaban J connectivity index is 2.29. The number of aryl methyl sites for hydroxylation is 2. The molecule has 0 bridgehead atoms. The van der Waals surface area contributed by atoms with Crippen molar-refractivity contribution >= 4 is 21.6 Å². The Morgan fingerprint density at radius 1 is 1.07 bits per heavy atom. The van der Waals surface area contributed by atoms with Gasteiger partial charge in [-0.1, -0.05) is 44.0 Å². The van der Waals surface area contributed by atoms with Crippen molar-refractivity contribution in [1.82, 2.24) is 4.72 Å². The molecule has 2 rings (SSSR count). The van der Waals surface area contributed by atoms with Crippen LogP contribution in [0.3, 0.4) is 0 Å². The van der Waals surface area contributed by atoms with Gasteiger partial charge in [0, 0.05) is 0 Å². The molecule has 0 unspecified atom stereocenters. The molecule has 0 fully saturated rings. The molecule has 7 heteroatoms. The standard InChI is InChI=1S/C21H28N2O4S/c1-6-16(4)20(23-28(25,26)17-10-7-14(2)8-11-17)21(24)22-18-13-15(3)9-12-19(18)27-5/h7-13,16,20,23H,6H2,1-5H3,(H,22,24)/t16-,20-/m0/s1. The van der Waals surface area contributed by atoms with Crippen LogP contribution in [0.1, 0.15) is 31.4 Å². The Morgan fingerprint density at radius 2 is 1.68 bits per heavy atom. The third-order valence-corrected chi connectivity index (χ3v) is 6.18. The minimum absolute atomic E-state index is 0.132. The molecule has 0 saturated heterocycles. The highest BCUT2D eigenvalue weighted by molar-refractivity contribution is 7.89. The fraction of sp³-hybridized carbons (Fsp3) is 0.381. The molecule has 1 amide bonds. The average molecular weight is 405 g/mol. The van der Waals surface area contributed by atoms with Gasteiger partial charge in [-0.15, -0.1) is 0 Å². The summed E-state index contributed by atoms with van der Waals surface area (Å²) in [6, 6.07) is 11.0. The van der Waals surface area contributed by atoms with Gasteiger partial charge in [0.1, 0.15) is 11.8 Å². The van der Waals surface area contributed by atoms with Crippen LogP contribution in [0.25, 0.3) is 0 Å². The highest BCUT2D eigenvalue weighted by Gasteiger charge is 2.30. The summed E-state index contributed by atoms with van der Waals surface area (Å²) in [6.07, 6.45) is 0.638. The van der Waals surface area contributed by atoms with Crippen LogP contribution in [0.2, 0.25) is 0 Å². The van der Waals surface area contributed by atoms with Gasteiger partial charge in [-0.25, -0.2) is 8.42 Å². The minimum atomic E-state index is -3.83. The van der Waals surface area contributed by atoms with E-state index in [2.05, 4.69) is 10.0 Å². The number of carbonyl (C=O) groups is 1. The van der Waals surface area contributed by atoms with E-state index in [1.165, 1.54) is 19.2 Å². The first kappa shape index (κ1) is 21.9. The van der Waals surface area contributed by atoms with E-state index in [1.54, 1.807) is 24.3 Å². The summed E-state index contributed by atoms with van der Waals surface area (Å²) in [4.78, 5) is 13.1. The van der Waals surface area contributed by atoms with Gasteiger partial charge in [0.15, 0.2) is 0 Å². The second-order valence-corrected chi connectivity index (χ2v) is 8.70. The summed E-state index contributed by atoms with van der Waals surface area (Å²) in [6.45, 7) is 7.55. The highest BCUT2D eigenvalue weighted by Crippen LogP contribution is 2.26. The molecular weight excluding hydrogens is 376 g/mol. The van der Waals surface area contributed by atoms with Gasteiger partial charge in [0.25, 0.3) is 0 Å². The number of carbonyl (C=O) groups excluding carboxylic acids is 1. The van der Waals surface area contributed by atoms with Crippen LogP contribution in [0.5, 0.6) is 5.75 Å². The monoisotopic (exact) mass is 404 g/mol. The molecular formula is C21H28N2O4S. The molecule has 0 heterocycles. The van der Waals surface area contributed by atoms with Gasteiger partial charge in [0.05, 0.1) is 17.7 Å². The van der Waals surface area contributed by atoms with Crippen LogP contribution in [0.15, 0.2) is 47.4 Å². The largest absolute Gasteiger partial charge is 0.495 e. The van der Waals surface area contributed by atoms with E-state index < -0.39 is 22.0 Å². The van der Waals surface area contributed by atoms with Crippen molar-refractivity contribution in [2.75, 3.05) is 12.4 Å². The molecule has 0 spiro atoms. The lowest BCUT2D eigenvalue weighted by molar-refractivity contribution is -0.118. The molecule has 0 aliphatic carbocycles. The summed E-state index contributed by atoms with van der Waals surface area (Å²) in [5.41, 5.74) is 2.42. The molecule has 0 aliphatic heterocycles. The van der Waals surface area contributed by atoms with Crippen molar-refractivity contribution in [2.45, 2.75) is 45.1 Å². The lowest BCUT2D eigenvalue weighted by Crippen LogP contribution is -2.47. The van der Waals surface area contributed by atoms with Gasteiger partial charge in [-0.3, -0.25) is 4.79 Å². The number of methoxy groups -OCH3 is 1. The molecule has 2 atom stereocenters. The molecule has 0 aliphatic rings. The number of hydrogen-bond donors (Lipinski definition) is 2. The first-order valence-corrected chi connectivity index (χ1v) is 10.7. The molecule has 6 nitrogen and oxygen atoms in total. The van der Waals surface area contributed by atoms with Gasteiger partial charge in [0.2, 0.25) is 15.9 Å². The van der Waals surface area contributed by atoms with Gasteiger partial charge in [-0.2, -0.15) is 4.72 Å². The third kappa shape index (κ3) is 5.33. The molecule has 152 valence electrons. The van der Waals surface area contributed by atoms with Crippen LogP contribution in [-0.4, -0.2) is 27.5 Å². The van der Waals surface area contributed by atoms with E-state index >= 15 is 0 Å². The van der Waals surface area contributed by atoms with Crippen LogP contribution < -0.4 is 14.8 Å². The molecule has 0 saturated carbocycles. The predicted molar refractivity (Wildman–Crippen MR) is 111 cm³/mol. The maximum atomic E-state index is 13.0. The SMILES string of the molecule is CC[C@H](C)[C@H](NS(=O)(=O)c1ccc(C)cc1)C(=O)Nc1cc(C)ccc1OC. The Labute approximate surface area is 167 Å². The van der Waals surface area contributed by atoms with Crippen LogP contribution in [0, 0.1) is 19.8 Å². The smallest absolute Gasteiger partial charge is 0.242 e. The molecule has 2 aromatic rings. The Morgan fingerprint density at radius 3 is 2.25 bits per heavy atom. The van der Waals surface area contributed by atoms with E-state index in [0.717, 1.165) is 11.1 Å². The molecule has 2 N–H and O–H groups in total. The number of ether oxygens (including phenoxy) is 1. The summed E-state index contributed by atoms with van der Waals surface area (Å²) in [5, 5.41) is 2.81. The van der Waals surface area contributed by atoms with Crippen molar-refractivity contribution in [1.29, 1.82) is 0 Å². The zero-order valence-electron chi connectivity index (χ0n) is 16.9. The van der Waals surface area contributed by atoms with Crippen LogP contribution >= 0.6 is 0 Å².